The fraction of sp³-hybridized carbons (Fsp3) is 0.625. The van der Waals surface area contributed by atoms with E-state index in [-0.39, 0.29) is 6.42 Å². The van der Waals surface area contributed by atoms with E-state index in [1.165, 1.54) is 10.9 Å². The van der Waals surface area contributed by atoms with Crippen molar-refractivity contribution in [3.8, 4) is 0 Å². The molecule has 86 valence electrons. The Hall–Kier alpha value is -0.560. The Morgan fingerprint density at radius 3 is 2.60 bits per heavy atom. The molecule has 0 radical (unpaired) electrons. The van der Waals surface area contributed by atoms with Gasteiger partial charge in [0, 0.05) is 19.5 Å². The van der Waals surface area contributed by atoms with Crippen molar-refractivity contribution in [2.45, 2.75) is 25.1 Å². The summed E-state index contributed by atoms with van der Waals surface area (Å²) in [5, 5.41) is 3.89. The number of hydrogen-bond donors (Lipinski definition) is 1. The number of alkyl halides is 3. The third-order valence-corrected chi connectivity index (χ3v) is 2.64. The Morgan fingerprint density at radius 2 is 2.20 bits per heavy atom. The molecule has 0 spiro atoms. The minimum atomic E-state index is -4.16. The highest BCUT2D eigenvalue weighted by atomic mass is 79.9. The molecule has 2 N–H and O–H groups in total. The number of nitrogens with two attached hydrogens (primary N) is 1. The number of halogens is 4. The lowest BCUT2D eigenvalue weighted by molar-refractivity contribution is -0.136. The number of nitrogens with zero attached hydrogens (tertiary/aromatic N) is 2. The zero-order valence-electron chi connectivity index (χ0n) is 8.05. The fourth-order valence-corrected chi connectivity index (χ4v) is 1.94. The molecule has 0 saturated carbocycles. The number of hydrogen-bond acceptors (Lipinski definition) is 2. The molecule has 15 heavy (non-hydrogen) atoms. The topological polar surface area (TPSA) is 43.8 Å². The van der Waals surface area contributed by atoms with Gasteiger partial charge >= 0.3 is 6.18 Å². The summed E-state index contributed by atoms with van der Waals surface area (Å²) >= 11 is 3.19. The van der Waals surface area contributed by atoms with Crippen LogP contribution in [-0.2, 0) is 7.05 Å². The normalized spacial score (nSPS) is 14.3. The Morgan fingerprint density at radius 1 is 1.60 bits per heavy atom. The Labute approximate surface area is 93.6 Å². The molecule has 0 bridgehead atoms. The summed E-state index contributed by atoms with van der Waals surface area (Å²) in [6.07, 6.45) is -3.67. The van der Waals surface area contributed by atoms with Crippen LogP contribution in [-0.4, -0.2) is 16.0 Å². The molecule has 0 aliphatic heterocycles. The molecule has 3 nitrogen and oxygen atoms in total. The molecule has 7 heteroatoms. The molecular weight excluding hydrogens is 275 g/mol. The predicted molar refractivity (Wildman–Crippen MR) is 53.1 cm³/mol. The van der Waals surface area contributed by atoms with Crippen LogP contribution in [0, 0.1) is 0 Å². The molecular formula is C8H11BrF3N3. The van der Waals surface area contributed by atoms with Crippen LogP contribution in [0.1, 0.15) is 24.6 Å². The van der Waals surface area contributed by atoms with Gasteiger partial charge in [0.2, 0.25) is 0 Å². The SMILES string of the molecule is Cn1ncc(Br)c1C(N)CCC(F)(F)F. The number of rotatable bonds is 3. The van der Waals surface area contributed by atoms with Gasteiger partial charge in [0.25, 0.3) is 0 Å². The largest absolute Gasteiger partial charge is 0.389 e. The zero-order valence-corrected chi connectivity index (χ0v) is 9.64. The second-order valence-corrected chi connectivity index (χ2v) is 4.12. The Kier molecular flexibility index (Phi) is 3.77. The van der Waals surface area contributed by atoms with E-state index in [2.05, 4.69) is 21.0 Å². The van der Waals surface area contributed by atoms with Gasteiger partial charge in [-0.3, -0.25) is 4.68 Å². The maximum atomic E-state index is 12.0. The maximum absolute atomic E-state index is 12.0. The summed E-state index contributed by atoms with van der Waals surface area (Å²) < 4.78 is 38.0. The highest BCUT2D eigenvalue weighted by Gasteiger charge is 2.28. The molecule has 1 unspecified atom stereocenters. The highest BCUT2D eigenvalue weighted by Crippen LogP contribution is 2.29. The minimum Gasteiger partial charge on any atom is -0.323 e. The van der Waals surface area contributed by atoms with Crippen LogP contribution in [0.3, 0.4) is 0 Å². The monoisotopic (exact) mass is 285 g/mol. The van der Waals surface area contributed by atoms with Crippen LogP contribution >= 0.6 is 15.9 Å². The maximum Gasteiger partial charge on any atom is 0.389 e. The second-order valence-electron chi connectivity index (χ2n) is 3.26. The molecule has 1 aromatic heterocycles. The van der Waals surface area contributed by atoms with Gasteiger partial charge in [0.05, 0.1) is 16.4 Å². The molecule has 1 rings (SSSR count). The van der Waals surface area contributed by atoms with Crippen molar-refractivity contribution in [2.75, 3.05) is 0 Å². The molecule has 0 fully saturated rings. The van der Waals surface area contributed by atoms with E-state index < -0.39 is 18.6 Å². The van der Waals surface area contributed by atoms with Crippen LogP contribution in [0.5, 0.6) is 0 Å². The van der Waals surface area contributed by atoms with E-state index in [1.807, 2.05) is 0 Å². The van der Waals surface area contributed by atoms with Crippen molar-refractivity contribution >= 4 is 15.9 Å². The van der Waals surface area contributed by atoms with Gasteiger partial charge < -0.3 is 5.73 Å². The Bertz CT molecular complexity index is 315. The average Bonchev–Trinajstić information content (AvgIpc) is 2.41. The first-order chi connectivity index (χ1) is 6.81. The van der Waals surface area contributed by atoms with Gasteiger partial charge in [0.1, 0.15) is 0 Å². The first-order valence-electron chi connectivity index (χ1n) is 4.31. The molecule has 0 aliphatic rings. The molecule has 0 aliphatic carbocycles. The second kappa shape index (κ2) is 4.52. The van der Waals surface area contributed by atoms with Gasteiger partial charge in [-0.2, -0.15) is 18.3 Å². The van der Waals surface area contributed by atoms with Gasteiger partial charge in [0.15, 0.2) is 0 Å². The highest BCUT2D eigenvalue weighted by molar-refractivity contribution is 9.10. The van der Waals surface area contributed by atoms with Crippen molar-refractivity contribution in [3.63, 3.8) is 0 Å². The van der Waals surface area contributed by atoms with Crippen LogP contribution in [0.25, 0.3) is 0 Å². The number of aromatic nitrogens is 2. The van der Waals surface area contributed by atoms with E-state index >= 15 is 0 Å². The summed E-state index contributed by atoms with van der Waals surface area (Å²) in [7, 11) is 1.65. The van der Waals surface area contributed by atoms with E-state index in [0.717, 1.165) is 0 Å². The summed E-state index contributed by atoms with van der Waals surface area (Å²) in [6, 6.07) is -0.659. The summed E-state index contributed by atoms with van der Waals surface area (Å²) in [5.41, 5.74) is 6.24. The van der Waals surface area contributed by atoms with Crippen LogP contribution in [0.4, 0.5) is 13.2 Å². The Balaban J connectivity index is 2.65. The molecule has 0 aromatic carbocycles. The van der Waals surface area contributed by atoms with Crippen LogP contribution in [0.15, 0.2) is 10.7 Å². The van der Waals surface area contributed by atoms with E-state index in [0.29, 0.717) is 10.2 Å². The van der Waals surface area contributed by atoms with Gasteiger partial charge in [-0.1, -0.05) is 0 Å². The quantitative estimate of drug-likeness (QED) is 0.928. The standard InChI is InChI=1S/C8H11BrF3N3/c1-15-7(5(9)4-14-15)6(13)2-3-8(10,11)12/h4,6H,2-3,13H2,1H3. The lowest BCUT2D eigenvalue weighted by atomic mass is 10.1. The summed E-state index contributed by atoms with van der Waals surface area (Å²) in [5.74, 6) is 0. The van der Waals surface area contributed by atoms with Crippen LogP contribution in [0.2, 0.25) is 0 Å². The zero-order chi connectivity index (χ0) is 11.6. The third-order valence-electron chi connectivity index (χ3n) is 2.03. The van der Waals surface area contributed by atoms with Crippen molar-refractivity contribution < 1.29 is 13.2 Å². The van der Waals surface area contributed by atoms with Crippen LogP contribution < -0.4 is 5.73 Å². The fourth-order valence-electron chi connectivity index (χ4n) is 1.29. The van der Waals surface area contributed by atoms with Crippen molar-refractivity contribution in [1.29, 1.82) is 0 Å². The van der Waals surface area contributed by atoms with E-state index in [9.17, 15) is 13.2 Å². The predicted octanol–water partition coefficient (Wildman–Crippen LogP) is 2.52. The molecule has 1 heterocycles. The third kappa shape index (κ3) is 3.49. The van der Waals surface area contributed by atoms with E-state index in [4.69, 9.17) is 5.73 Å². The van der Waals surface area contributed by atoms with E-state index in [1.54, 1.807) is 7.05 Å². The van der Waals surface area contributed by atoms with Gasteiger partial charge in [-0.25, -0.2) is 0 Å². The smallest absolute Gasteiger partial charge is 0.323 e. The molecule has 0 amide bonds. The molecule has 1 aromatic rings. The first kappa shape index (κ1) is 12.5. The lowest BCUT2D eigenvalue weighted by Gasteiger charge is -2.14. The molecule has 1 atom stereocenters. The molecule has 0 saturated heterocycles. The minimum absolute atomic E-state index is 0.137. The average molecular weight is 286 g/mol. The first-order valence-corrected chi connectivity index (χ1v) is 5.10. The van der Waals surface area contributed by atoms with Crippen molar-refractivity contribution in [2.24, 2.45) is 12.8 Å². The van der Waals surface area contributed by atoms with Gasteiger partial charge in [-0.15, -0.1) is 0 Å². The number of aryl methyl sites for hydroxylation is 1. The lowest BCUT2D eigenvalue weighted by Crippen LogP contribution is -2.18. The summed E-state index contributed by atoms with van der Waals surface area (Å²) in [4.78, 5) is 0. The van der Waals surface area contributed by atoms with Crippen molar-refractivity contribution in [1.82, 2.24) is 9.78 Å². The summed E-state index contributed by atoms with van der Waals surface area (Å²) in [6.45, 7) is 0. The van der Waals surface area contributed by atoms with Crippen molar-refractivity contribution in [3.05, 3.63) is 16.4 Å². The van der Waals surface area contributed by atoms with Gasteiger partial charge in [-0.05, 0) is 22.4 Å².